The highest BCUT2D eigenvalue weighted by Crippen LogP contribution is 2.25. The Kier molecular flexibility index (Phi) is 8.05. The smallest absolute Gasteiger partial charge is 0.273 e. The molecule has 2 aromatic rings. The van der Waals surface area contributed by atoms with E-state index in [-0.39, 0.29) is 12.3 Å². The van der Waals surface area contributed by atoms with E-state index in [0.29, 0.717) is 12.3 Å². The molecule has 0 aromatic heterocycles. The lowest BCUT2D eigenvalue weighted by atomic mass is 10.1. The minimum absolute atomic E-state index is 0.0317. The van der Waals surface area contributed by atoms with Crippen molar-refractivity contribution in [3.05, 3.63) is 58.1 Å². The van der Waals surface area contributed by atoms with Crippen molar-refractivity contribution in [1.82, 2.24) is 9.80 Å². The zero-order valence-corrected chi connectivity index (χ0v) is 17.9. The molecule has 0 spiro atoms. The molecular weight excluding hydrogens is 402 g/mol. The van der Waals surface area contributed by atoms with Crippen LogP contribution in [0.3, 0.4) is 0 Å². The molecule has 1 fully saturated rings. The molecule has 9 nitrogen and oxygen atoms in total. The van der Waals surface area contributed by atoms with E-state index in [2.05, 4.69) is 9.80 Å². The molecule has 1 N–H and O–H groups in total. The number of nitro benzene ring substituents is 1. The summed E-state index contributed by atoms with van der Waals surface area (Å²) < 4.78 is 16.3. The van der Waals surface area contributed by atoms with E-state index < -0.39 is 11.0 Å². The highest BCUT2D eigenvalue weighted by atomic mass is 16.6. The molecule has 1 heterocycles. The first-order valence-electron chi connectivity index (χ1n) is 10.2. The highest BCUT2D eigenvalue weighted by Gasteiger charge is 2.21. The van der Waals surface area contributed by atoms with Crippen LogP contribution in [-0.4, -0.2) is 79.5 Å². The third-order valence-corrected chi connectivity index (χ3v) is 5.29. The van der Waals surface area contributed by atoms with Crippen LogP contribution in [0, 0.1) is 10.1 Å². The molecular formula is C22H29N3O6. The molecule has 0 amide bonds. The van der Waals surface area contributed by atoms with Crippen LogP contribution in [0.15, 0.2) is 42.5 Å². The van der Waals surface area contributed by atoms with Crippen LogP contribution in [0.5, 0.6) is 17.2 Å². The fourth-order valence-corrected chi connectivity index (χ4v) is 3.61. The molecule has 1 atom stereocenters. The minimum Gasteiger partial charge on any atom is -0.497 e. The van der Waals surface area contributed by atoms with Gasteiger partial charge in [-0.15, -0.1) is 0 Å². The van der Waals surface area contributed by atoms with E-state index in [9.17, 15) is 15.2 Å². The van der Waals surface area contributed by atoms with Crippen molar-refractivity contribution in [2.45, 2.75) is 12.6 Å². The Hall–Kier alpha value is -2.88. The third-order valence-electron chi connectivity index (χ3n) is 5.29. The Labute approximate surface area is 181 Å². The normalized spacial score (nSPS) is 16.0. The Bertz CT molecular complexity index is 870. The number of β-amino-alcohol motifs (C(OH)–C–C–N with tert-alkyl or cyclic N) is 1. The van der Waals surface area contributed by atoms with Gasteiger partial charge in [0.2, 0.25) is 0 Å². The van der Waals surface area contributed by atoms with Crippen molar-refractivity contribution in [2.75, 3.05) is 53.6 Å². The van der Waals surface area contributed by atoms with Crippen molar-refractivity contribution < 1.29 is 24.2 Å². The van der Waals surface area contributed by atoms with Gasteiger partial charge in [0.05, 0.1) is 25.2 Å². The fourth-order valence-electron chi connectivity index (χ4n) is 3.61. The van der Waals surface area contributed by atoms with Gasteiger partial charge in [-0.25, -0.2) is 0 Å². The van der Waals surface area contributed by atoms with Gasteiger partial charge in [-0.2, -0.15) is 0 Å². The van der Waals surface area contributed by atoms with Gasteiger partial charge >= 0.3 is 0 Å². The van der Waals surface area contributed by atoms with Crippen molar-refractivity contribution >= 4 is 5.69 Å². The number of nitrogens with zero attached hydrogens (tertiary/aromatic N) is 3. The van der Waals surface area contributed by atoms with E-state index >= 15 is 0 Å². The highest BCUT2D eigenvalue weighted by molar-refractivity contribution is 5.40. The topological polar surface area (TPSA) is 97.5 Å². The molecule has 168 valence electrons. The Morgan fingerprint density at radius 3 is 2.45 bits per heavy atom. The standard InChI is InChI=1S/C22H29N3O6/c1-29-20-6-7-22(30-2)17(12-20)14-23-8-10-24(11-9-23)15-19(26)16-31-21-5-3-4-18(13-21)25(27)28/h3-7,12-13,19,26H,8-11,14-16H2,1-2H3. The SMILES string of the molecule is COc1ccc(OC)c(CN2CCN(CC(O)COc3cccc([N+](=O)[O-])c3)CC2)c1. The summed E-state index contributed by atoms with van der Waals surface area (Å²) in [6.45, 7) is 4.76. The number of aliphatic hydroxyl groups is 1. The van der Waals surface area contributed by atoms with Crippen molar-refractivity contribution in [1.29, 1.82) is 0 Å². The summed E-state index contributed by atoms with van der Waals surface area (Å²) in [6, 6.07) is 11.8. The number of hydrogen-bond donors (Lipinski definition) is 1. The number of non-ortho nitro benzene ring substituents is 1. The number of ether oxygens (including phenoxy) is 3. The number of aliphatic hydroxyl groups excluding tert-OH is 1. The number of benzene rings is 2. The molecule has 1 aliphatic heterocycles. The van der Waals surface area contributed by atoms with E-state index in [4.69, 9.17) is 14.2 Å². The molecule has 1 unspecified atom stereocenters. The molecule has 0 saturated carbocycles. The quantitative estimate of drug-likeness (QED) is 0.452. The molecule has 9 heteroatoms. The zero-order valence-electron chi connectivity index (χ0n) is 17.9. The number of hydrogen-bond acceptors (Lipinski definition) is 8. The molecule has 2 aromatic carbocycles. The Morgan fingerprint density at radius 1 is 1.03 bits per heavy atom. The van der Waals surface area contributed by atoms with E-state index in [1.807, 2.05) is 18.2 Å². The summed E-state index contributed by atoms with van der Waals surface area (Å²) in [4.78, 5) is 14.9. The van der Waals surface area contributed by atoms with Crippen molar-refractivity contribution in [2.24, 2.45) is 0 Å². The first-order valence-corrected chi connectivity index (χ1v) is 10.2. The summed E-state index contributed by atoms with van der Waals surface area (Å²) in [5.74, 6) is 2.03. The third kappa shape index (κ3) is 6.55. The van der Waals surface area contributed by atoms with E-state index in [0.717, 1.165) is 49.8 Å². The van der Waals surface area contributed by atoms with Gasteiger partial charge in [0, 0.05) is 50.9 Å². The van der Waals surface area contributed by atoms with Crippen LogP contribution in [0.25, 0.3) is 0 Å². The van der Waals surface area contributed by atoms with Gasteiger partial charge < -0.3 is 19.3 Å². The average Bonchev–Trinajstić information content (AvgIpc) is 2.79. The van der Waals surface area contributed by atoms with Crippen LogP contribution >= 0.6 is 0 Å². The second-order valence-electron chi connectivity index (χ2n) is 7.47. The average molecular weight is 431 g/mol. The van der Waals surface area contributed by atoms with Gasteiger partial charge in [-0.3, -0.25) is 19.9 Å². The summed E-state index contributed by atoms with van der Waals surface area (Å²) >= 11 is 0. The Morgan fingerprint density at radius 2 is 1.77 bits per heavy atom. The monoisotopic (exact) mass is 431 g/mol. The number of piperazine rings is 1. The summed E-state index contributed by atoms with van der Waals surface area (Å²) in [7, 11) is 3.32. The lowest BCUT2D eigenvalue weighted by Gasteiger charge is -2.35. The van der Waals surface area contributed by atoms with Gasteiger partial charge in [0.15, 0.2) is 0 Å². The summed E-state index contributed by atoms with van der Waals surface area (Å²) in [5, 5.41) is 21.2. The van der Waals surface area contributed by atoms with Crippen LogP contribution in [0.1, 0.15) is 5.56 Å². The maximum Gasteiger partial charge on any atom is 0.273 e. The maximum atomic E-state index is 10.8. The van der Waals surface area contributed by atoms with Crippen molar-refractivity contribution in [3.63, 3.8) is 0 Å². The summed E-state index contributed by atoms with van der Waals surface area (Å²) in [5.41, 5.74) is 1.05. The maximum absolute atomic E-state index is 10.8. The minimum atomic E-state index is -0.677. The molecule has 1 aliphatic rings. The molecule has 0 aliphatic carbocycles. The number of rotatable bonds is 10. The molecule has 0 bridgehead atoms. The predicted molar refractivity (Wildman–Crippen MR) is 116 cm³/mol. The molecule has 3 rings (SSSR count). The van der Waals surface area contributed by atoms with Crippen LogP contribution in [0.4, 0.5) is 5.69 Å². The molecule has 0 radical (unpaired) electrons. The van der Waals surface area contributed by atoms with Crippen molar-refractivity contribution in [3.8, 4) is 17.2 Å². The fraction of sp³-hybridized carbons (Fsp3) is 0.455. The number of methoxy groups -OCH3 is 2. The van der Waals surface area contributed by atoms with Gasteiger partial charge in [-0.05, 0) is 24.3 Å². The van der Waals surface area contributed by atoms with E-state index in [1.165, 1.54) is 12.1 Å². The summed E-state index contributed by atoms with van der Waals surface area (Å²) in [6.07, 6.45) is -0.677. The lowest BCUT2D eigenvalue weighted by Crippen LogP contribution is -2.48. The van der Waals surface area contributed by atoms with Gasteiger partial charge in [0.1, 0.15) is 30.0 Å². The molecule has 31 heavy (non-hydrogen) atoms. The van der Waals surface area contributed by atoms with Crippen LogP contribution < -0.4 is 14.2 Å². The number of nitro groups is 1. The lowest BCUT2D eigenvalue weighted by molar-refractivity contribution is -0.384. The van der Waals surface area contributed by atoms with Crippen LogP contribution in [0.2, 0.25) is 0 Å². The van der Waals surface area contributed by atoms with Gasteiger partial charge in [0.25, 0.3) is 5.69 Å². The predicted octanol–water partition coefficient (Wildman–Crippen LogP) is 2.17. The van der Waals surface area contributed by atoms with E-state index in [1.54, 1.807) is 26.4 Å². The molecule has 1 saturated heterocycles. The second kappa shape index (κ2) is 10.9. The van der Waals surface area contributed by atoms with Crippen LogP contribution in [-0.2, 0) is 6.54 Å². The second-order valence-corrected chi connectivity index (χ2v) is 7.47. The Balaban J connectivity index is 1.44. The van der Waals surface area contributed by atoms with Gasteiger partial charge in [-0.1, -0.05) is 6.07 Å². The first kappa shape index (κ1) is 22.8. The first-order chi connectivity index (χ1) is 15.0. The largest absolute Gasteiger partial charge is 0.497 e. The zero-order chi connectivity index (χ0) is 22.2.